The van der Waals surface area contributed by atoms with E-state index in [1.165, 1.54) is 12.1 Å². The van der Waals surface area contributed by atoms with Gasteiger partial charge in [-0.15, -0.1) is 0 Å². The van der Waals surface area contributed by atoms with Crippen molar-refractivity contribution in [1.82, 2.24) is 15.5 Å². The summed E-state index contributed by atoms with van der Waals surface area (Å²) in [6, 6.07) is 4.51. The molecule has 0 aliphatic carbocycles. The first-order chi connectivity index (χ1) is 12.2. The number of aliphatic imine (C=N–C) groups is 1. The molecule has 2 N–H and O–H groups in total. The summed E-state index contributed by atoms with van der Waals surface area (Å²) in [5, 5.41) is 7.01. The Kier molecular flexibility index (Phi) is 9.00. The molecule has 1 aromatic rings. The lowest BCUT2D eigenvalue weighted by Crippen LogP contribution is -2.39. The third kappa shape index (κ3) is 7.59. The Balaban J connectivity index is 1.71. The van der Waals surface area contributed by atoms with Gasteiger partial charge in [-0.05, 0) is 37.5 Å². The highest BCUT2D eigenvalue weighted by Gasteiger charge is 2.09. The average molecular weight is 371 g/mol. The molecule has 0 aromatic heterocycles. The van der Waals surface area contributed by atoms with Gasteiger partial charge in [0.15, 0.2) is 5.96 Å². The Bertz CT molecular complexity index is 550. The van der Waals surface area contributed by atoms with Crippen LogP contribution in [-0.2, 0) is 11.2 Å². The molecule has 0 radical (unpaired) electrons. The van der Waals surface area contributed by atoms with Gasteiger partial charge in [0.2, 0.25) is 0 Å². The largest absolute Gasteiger partial charge is 0.379 e. The van der Waals surface area contributed by atoms with Crippen LogP contribution >= 0.6 is 11.6 Å². The topological polar surface area (TPSA) is 48.9 Å². The molecule has 25 heavy (non-hydrogen) atoms. The quantitative estimate of drug-likeness (QED) is 0.419. The molecule has 0 atom stereocenters. The number of ether oxygens (including phenoxy) is 1. The number of nitrogens with zero attached hydrogens (tertiary/aromatic N) is 2. The molecule has 1 heterocycles. The Hall–Kier alpha value is -1.37. The predicted molar refractivity (Wildman–Crippen MR) is 101 cm³/mol. The predicted octanol–water partition coefficient (Wildman–Crippen LogP) is 2.30. The number of rotatable bonds is 8. The van der Waals surface area contributed by atoms with Gasteiger partial charge < -0.3 is 15.4 Å². The first kappa shape index (κ1) is 19.9. The summed E-state index contributed by atoms with van der Waals surface area (Å²) in [7, 11) is 0. The second kappa shape index (κ2) is 11.3. The van der Waals surface area contributed by atoms with E-state index in [9.17, 15) is 4.39 Å². The first-order valence-corrected chi connectivity index (χ1v) is 9.33. The van der Waals surface area contributed by atoms with Crippen molar-refractivity contribution in [2.24, 2.45) is 4.99 Å². The van der Waals surface area contributed by atoms with Gasteiger partial charge in [0.05, 0.1) is 13.2 Å². The van der Waals surface area contributed by atoms with E-state index in [4.69, 9.17) is 16.3 Å². The summed E-state index contributed by atoms with van der Waals surface area (Å²) in [5.74, 6) is 0.500. The molecule has 1 fully saturated rings. The van der Waals surface area contributed by atoms with Crippen LogP contribution in [0.2, 0.25) is 5.02 Å². The molecular formula is C18H28ClFN4O. The smallest absolute Gasteiger partial charge is 0.191 e. The third-order valence-corrected chi connectivity index (χ3v) is 4.40. The van der Waals surface area contributed by atoms with Crippen LogP contribution in [0.15, 0.2) is 23.2 Å². The monoisotopic (exact) mass is 370 g/mol. The Labute approximate surface area is 154 Å². The molecule has 1 aromatic carbocycles. The van der Waals surface area contributed by atoms with Crippen molar-refractivity contribution in [3.63, 3.8) is 0 Å². The summed E-state index contributed by atoms with van der Waals surface area (Å²) in [6.45, 7) is 9.08. The number of morpholine rings is 1. The number of hydrogen-bond acceptors (Lipinski definition) is 3. The van der Waals surface area contributed by atoms with Gasteiger partial charge in [0.25, 0.3) is 0 Å². The van der Waals surface area contributed by atoms with Gasteiger partial charge in [0.1, 0.15) is 5.82 Å². The minimum atomic E-state index is -0.308. The molecule has 0 spiro atoms. The SMILES string of the molecule is CCNC(=NCCCN1CCOCC1)NCCc1ccc(F)cc1Cl. The zero-order valence-electron chi connectivity index (χ0n) is 14.9. The van der Waals surface area contributed by atoms with Gasteiger partial charge in [-0.3, -0.25) is 9.89 Å². The van der Waals surface area contributed by atoms with Crippen molar-refractivity contribution in [3.05, 3.63) is 34.6 Å². The number of nitrogens with one attached hydrogen (secondary N) is 2. The molecule has 1 aliphatic heterocycles. The van der Waals surface area contributed by atoms with Gasteiger partial charge in [-0.2, -0.15) is 0 Å². The Morgan fingerprint density at radius 2 is 2.12 bits per heavy atom. The molecule has 1 saturated heterocycles. The fourth-order valence-electron chi connectivity index (χ4n) is 2.69. The van der Waals surface area contributed by atoms with Crippen LogP contribution in [0.3, 0.4) is 0 Å². The van der Waals surface area contributed by atoms with Crippen molar-refractivity contribution < 1.29 is 9.13 Å². The van der Waals surface area contributed by atoms with Gasteiger partial charge in [-0.1, -0.05) is 17.7 Å². The second-order valence-corrected chi connectivity index (χ2v) is 6.39. The highest BCUT2D eigenvalue weighted by molar-refractivity contribution is 6.31. The van der Waals surface area contributed by atoms with Gasteiger partial charge in [0, 0.05) is 44.3 Å². The number of guanidine groups is 1. The normalized spacial score (nSPS) is 16.0. The van der Waals surface area contributed by atoms with Gasteiger partial charge >= 0.3 is 0 Å². The maximum absolute atomic E-state index is 13.1. The van der Waals surface area contributed by atoms with Crippen LogP contribution in [-0.4, -0.2) is 63.3 Å². The van der Waals surface area contributed by atoms with E-state index in [1.807, 2.05) is 6.92 Å². The molecular weight excluding hydrogens is 343 g/mol. The Morgan fingerprint density at radius 1 is 1.32 bits per heavy atom. The average Bonchev–Trinajstić information content (AvgIpc) is 2.61. The highest BCUT2D eigenvalue weighted by atomic mass is 35.5. The van der Waals surface area contributed by atoms with Crippen LogP contribution in [0.25, 0.3) is 0 Å². The lowest BCUT2D eigenvalue weighted by atomic mass is 10.1. The fraction of sp³-hybridized carbons (Fsp3) is 0.611. The number of halogens is 2. The summed E-state index contributed by atoms with van der Waals surface area (Å²) < 4.78 is 18.4. The molecule has 7 heteroatoms. The van der Waals surface area contributed by atoms with Crippen molar-refractivity contribution >= 4 is 17.6 Å². The van der Waals surface area contributed by atoms with E-state index < -0.39 is 0 Å². The van der Waals surface area contributed by atoms with E-state index in [1.54, 1.807) is 6.07 Å². The summed E-state index contributed by atoms with van der Waals surface area (Å²) in [5.41, 5.74) is 0.929. The van der Waals surface area contributed by atoms with E-state index in [0.29, 0.717) is 11.6 Å². The Morgan fingerprint density at radius 3 is 2.84 bits per heavy atom. The van der Waals surface area contributed by atoms with Crippen LogP contribution in [0.5, 0.6) is 0 Å². The maximum Gasteiger partial charge on any atom is 0.191 e. The van der Waals surface area contributed by atoms with E-state index >= 15 is 0 Å². The lowest BCUT2D eigenvalue weighted by molar-refractivity contribution is 0.0377. The number of hydrogen-bond donors (Lipinski definition) is 2. The zero-order chi connectivity index (χ0) is 17.9. The summed E-state index contributed by atoms with van der Waals surface area (Å²) in [6.07, 6.45) is 1.75. The summed E-state index contributed by atoms with van der Waals surface area (Å²) >= 11 is 6.06. The molecule has 0 amide bonds. The lowest BCUT2D eigenvalue weighted by Gasteiger charge is -2.26. The van der Waals surface area contributed by atoms with Crippen LogP contribution in [0.1, 0.15) is 18.9 Å². The molecule has 2 rings (SSSR count). The van der Waals surface area contributed by atoms with E-state index in [2.05, 4.69) is 20.5 Å². The van der Waals surface area contributed by atoms with Crippen molar-refractivity contribution in [2.45, 2.75) is 19.8 Å². The molecule has 1 aliphatic rings. The number of benzene rings is 1. The maximum atomic E-state index is 13.1. The first-order valence-electron chi connectivity index (χ1n) is 8.95. The molecule has 5 nitrogen and oxygen atoms in total. The van der Waals surface area contributed by atoms with Crippen LogP contribution in [0, 0.1) is 5.82 Å². The fourth-order valence-corrected chi connectivity index (χ4v) is 2.95. The highest BCUT2D eigenvalue weighted by Crippen LogP contribution is 2.17. The van der Waals surface area contributed by atoms with Crippen molar-refractivity contribution in [3.8, 4) is 0 Å². The van der Waals surface area contributed by atoms with Crippen LogP contribution < -0.4 is 10.6 Å². The zero-order valence-corrected chi connectivity index (χ0v) is 15.6. The summed E-state index contributed by atoms with van der Waals surface area (Å²) in [4.78, 5) is 7.02. The minimum absolute atomic E-state index is 0.308. The minimum Gasteiger partial charge on any atom is -0.379 e. The second-order valence-electron chi connectivity index (χ2n) is 5.98. The van der Waals surface area contributed by atoms with Gasteiger partial charge in [-0.25, -0.2) is 4.39 Å². The van der Waals surface area contributed by atoms with Crippen LogP contribution in [0.4, 0.5) is 4.39 Å². The van der Waals surface area contributed by atoms with E-state index in [-0.39, 0.29) is 5.82 Å². The molecule has 0 bridgehead atoms. The molecule has 140 valence electrons. The van der Waals surface area contributed by atoms with Crippen molar-refractivity contribution in [2.75, 3.05) is 52.5 Å². The third-order valence-electron chi connectivity index (χ3n) is 4.05. The van der Waals surface area contributed by atoms with Crippen molar-refractivity contribution in [1.29, 1.82) is 0 Å². The van der Waals surface area contributed by atoms with E-state index in [0.717, 1.165) is 70.3 Å². The standard InChI is InChI=1S/C18H28ClFN4O/c1-2-21-18(22-7-3-9-24-10-12-25-13-11-24)23-8-6-15-4-5-16(20)14-17(15)19/h4-5,14H,2-3,6-13H2,1H3,(H2,21,22,23). The molecule has 0 unspecified atom stereocenters. The molecule has 0 saturated carbocycles.